The minimum Gasteiger partial charge on any atom is -0.396 e. The molecule has 0 heterocycles. The largest absolute Gasteiger partial charge is 0.396 e. The van der Waals surface area contributed by atoms with Crippen LogP contribution in [0, 0.1) is 11.8 Å². The zero-order chi connectivity index (χ0) is 14.2. The van der Waals surface area contributed by atoms with Gasteiger partial charge in [-0.3, -0.25) is 4.79 Å². The van der Waals surface area contributed by atoms with Crippen molar-refractivity contribution in [2.45, 2.75) is 25.7 Å². The van der Waals surface area contributed by atoms with E-state index < -0.39 is 0 Å². The van der Waals surface area contributed by atoms with Crippen LogP contribution in [0.15, 0.2) is 30.3 Å². The first-order chi connectivity index (χ1) is 9.79. The fourth-order valence-corrected chi connectivity index (χ4v) is 2.89. The van der Waals surface area contributed by atoms with Crippen LogP contribution in [0.5, 0.6) is 0 Å². The van der Waals surface area contributed by atoms with Gasteiger partial charge in [-0.2, -0.15) is 0 Å². The summed E-state index contributed by atoms with van der Waals surface area (Å²) in [5.41, 5.74) is 0.824. The molecule has 4 nitrogen and oxygen atoms in total. The highest BCUT2D eigenvalue weighted by atomic mass is 16.3. The van der Waals surface area contributed by atoms with Gasteiger partial charge >= 0.3 is 0 Å². The van der Waals surface area contributed by atoms with Crippen LogP contribution < -0.4 is 10.6 Å². The van der Waals surface area contributed by atoms with E-state index in [2.05, 4.69) is 10.6 Å². The standard InChI is InChI=1S/C16H24N2O2/c19-12-14-7-5-4-6-13(14)10-17-11-16(20)18-15-8-2-1-3-9-15/h1-3,8-9,13-14,17,19H,4-7,10-12H2,(H,18,20). The summed E-state index contributed by atoms with van der Waals surface area (Å²) in [4.78, 5) is 11.8. The molecule has 1 aliphatic carbocycles. The first-order valence-electron chi connectivity index (χ1n) is 7.46. The molecule has 0 bridgehead atoms. The number of hydrogen-bond acceptors (Lipinski definition) is 3. The van der Waals surface area contributed by atoms with Gasteiger partial charge in [0.05, 0.1) is 6.54 Å². The Balaban J connectivity index is 1.68. The topological polar surface area (TPSA) is 61.4 Å². The van der Waals surface area contributed by atoms with Gasteiger partial charge in [0.25, 0.3) is 0 Å². The molecule has 1 aromatic carbocycles. The molecule has 3 N–H and O–H groups in total. The zero-order valence-corrected chi connectivity index (χ0v) is 11.8. The van der Waals surface area contributed by atoms with Crippen molar-refractivity contribution >= 4 is 11.6 Å². The minimum absolute atomic E-state index is 0.0208. The van der Waals surface area contributed by atoms with E-state index in [1.165, 1.54) is 12.8 Å². The van der Waals surface area contributed by atoms with E-state index in [4.69, 9.17) is 0 Å². The summed E-state index contributed by atoms with van der Waals surface area (Å²) in [6, 6.07) is 9.47. The fourth-order valence-electron chi connectivity index (χ4n) is 2.89. The van der Waals surface area contributed by atoms with Gasteiger partial charge in [0.2, 0.25) is 5.91 Å². The van der Waals surface area contributed by atoms with E-state index in [1.807, 2.05) is 30.3 Å². The molecule has 0 aliphatic heterocycles. The molecule has 0 radical (unpaired) electrons. The van der Waals surface area contributed by atoms with Crippen LogP contribution in [0.1, 0.15) is 25.7 Å². The Morgan fingerprint density at radius 3 is 2.55 bits per heavy atom. The number of rotatable bonds is 6. The molecule has 110 valence electrons. The summed E-state index contributed by atoms with van der Waals surface area (Å²) in [5, 5.41) is 15.4. The lowest BCUT2D eigenvalue weighted by Gasteiger charge is -2.30. The molecule has 2 rings (SSSR count). The zero-order valence-electron chi connectivity index (χ0n) is 11.8. The number of amides is 1. The van der Waals surface area contributed by atoms with Gasteiger partial charge < -0.3 is 15.7 Å². The molecule has 2 atom stereocenters. The van der Waals surface area contributed by atoms with Gasteiger partial charge in [-0.25, -0.2) is 0 Å². The van der Waals surface area contributed by atoms with Gasteiger partial charge in [-0.1, -0.05) is 31.0 Å². The molecule has 1 amide bonds. The normalized spacial score (nSPS) is 22.4. The smallest absolute Gasteiger partial charge is 0.238 e. The molecule has 1 aromatic rings. The molecule has 0 aromatic heterocycles. The summed E-state index contributed by atoms with van der Waals surface area (Å²) in [5.74, 6) is 0.874. The van der Waals surface area contributed by atoms with Crippen LogP contribution in [0.4, 0.5) is 5.69 Å². The Morgan fingerprint density at radius 2 is 1.85 bits per heavy atom. The van der Waals surface area contributed by atoms with Crippen LogP contribution in [0.3, 0.4) is 0 Å². The molecular weight excluding hydrogens is 252 g/mol. The second-order valence-electron chi connectivity index (χ2n) is 5.53. The van der Waals surface area contributed by atoms with Crippen LogP contribution in [0.2, 0.25) is 0 Å². The molecule has 0 spiro atoms. The predicted octanol–water partition coefficient (Wildman–Crippen LogP) is 2.01. The predicted molar refractivity (Wildman–Crippen MR) is 80.5 cm³/mol. The number of para-hydroxylation sites is 1. The summed E-state index contributed by atoms with van der Waals surface area (Å²) in [6.07, 6.45) is 4.72. The van der Waals surface area contributed by atoms with E-state index in [1.54, 1.807) is 0 Å². The maximum atomic E-state index is 11.8. The van der Waals surface area contributed by atoms with E-state index in [-0.39, 0.29) is 12.5 Å². The molecular formula is C16H24N2O2. The molecule has 1 fully saturated rings. The second kappa shape index (κ2) is 8.02. The highest BCUT2D eigenvalue weighted by Gasteiger charge is 2.23. The van der Waals surface area contributed by atoms with Crippen molar-refractivity contribution in [3.63, 3.8) is 0 Å². The number of carbonyl (C=O) groups is 1. The third kappa shape index (κ3) is 4.62. The molecule has 4 heteroatoms. The summed E-state index contributed by atoms with van der Waals surface area (Å²) in [7, 11) is 0. The molecule has 1 saturated carbocycles. The lowest BCUT2D eigenvalue weighted by atomic mass is 9.79. The highest BCUT2D eigenvalue weighted by molar-refractivity contribution is 5.92. The van der Waals surface area contributed by atoms with Crippen LogP contribution in [-0.2, 0) is 4.79 Å². The summed E-state index contributed by atoms with van der Waals surface area (Å²) < 4.78 is 0. The maximum absolute atomic E-state index is 11.8. The number of carbonyl (C=O) groups excluding carboxylic acids is 1. The van der Waals surface area contributed by atoms with Crippen molar-refractivity contribution in [1.82, 2.24) is 5.32 Å². The highest BCUT2D eigenvalue weighted by Crippen LogP contribution is 2.28. The van der Waals surface area contributed by atoms with Crippen molar-refractivity contribution in [2.24, 2.45) is 11.8 Å². The van der Waals surface area contributed by atoms with Crippen LogP contribution >= 0.6 is 0 Å². The monoisotopic (exact) mass is 276 g/mol. The molecule has 20 heavy (non-hydrogen) atoms. The Bertz CT molecular complexity index is 408. The Hall–Kier alpha value is -1.39. The van der Waals surface area contributed by atoms with Gasteiger partial charge in [-0.15, -0.1) is 0 Å². The number of anilines is 1. The fraction of sp³-hybridized carbons (Fsp3) is 0.562. The van der Waals surface area contributed by atoms with Crippen molar-refractivity contribution < 1.29 is 9.90 Å². The van der Waals surface area contributed by atoms with Crippen molar-refractivity contribution in [3.8, 4) is 0 Å². The SMILES string of the molecule is O=C(CNCC1CCCCC1CO)Nc1ccccc1. The quantitative estimate of drug-likeness (QED) is 0.745. The number of aliphatic hydroxyl groups is 1. The lowest BCUT2D eigenvalue weighted by Crippen LogP contribution is -2.36. The summed E-state index contributed by atoms with van der Waals surface area (Å²) >= 11 is 0. The van der Waals surface area contributed by atoms with Crippen molar-refractivity contribution in [3.05, 3.63) is 30.3 Å². The number of hydrogen-bond donors (Lipinski definition) is 3. The Labute approximate surface area is 120 Å². The number of aliphatic hydroxyl groups excluding tert-OH is 1. The van der Waals surface area contributed by atoms with E-state index in [0.717, 1.165) is 25.1 Å². The molecule has 1 aliphatic rings. The first kappa shape index (κ1) is 15.0. The Morgan fingerprint density at radius 1 is 1.15 bits per heavy atom. The molecule has 0 saturated heterocycles. The third-order valence-corrected chi connectivity index (χ3v) is 4.05. The van der Waals surface area contributed by atoms with Crippen LogP contribution in [-0.4, -0.2) is 30.7 Å². The number of benzene rings is 1. The Kier molecular flexibility index (Phi) is 6.02. The lowest BCUT2D eigenvalue weighted by molar-refractivity contribution is -0.115. The first-order valence-corrected chi connectivity index (χ1v) is 7.46. The van der Waals surface area contributed by atoms with Crippen molar-refractivity contribution in [2.75, 3.05) is 25.0 Å². The summed E-state index contributed by atoms with van der Waals surface area (Å²) in [6.45, 7) is 1.40. The number of nitrogens with one attached hydrogen (secondary N) is 2. The van der Waals surface area contributed by atoms with E-state index in [0.29, 0.717) is 18.4 Å². The average molecular weight is 276 g/mol. The van der Waals surface area contributed by atoms with Gasteiger partial charge in [0.1, 0.15) is 0 Å². The van der Waals surface area contributed by atoms with Gasteiger partial charge in [0, 0.05) is 12.3 Å². The van der Waals surface area contributed by atoms with Gasteiger partial charge in [0.15, 0.2) is 0 Å². The van der Waals surface area contributed by atoms with Crippen LogP contribution in [0.25, 0.3) is 0 Å². The van der Waals surface area contributed by atoms with Crippen molar-refractivity contribution in [1.29, 1.82) is 0 Å². The second-order valence-corrected chi connectivity index (χ2v) is 5.53. The van der Waals surface area contributed by atoms with Gasteiger partial charge in [-0.05, 0) is 43.4 Å². The third-order valence-electron chi connectivity index (χ3n) is 4.05. The van der Waals surface area contributed by atoms with E-state index in [9.17, 15) is 9.90 Å². The minimum atomic E-state index is -0.0208. The van der Waals surface area contributed by atoms with E-state index >= 15 is 0 Å². The molecule has 2 unspecified atom stereocenters. The average Bonchev–Trinajstić information content (AvgIpc) is 2.49. The maximum Gasteiger partial charge on any atom is 0.238 e.